The van der Waals surface area contributed by atoms with Gasteiger partial charge in [-0.15, -0.1) is 0 Å². The molecule has 1 saturated heterocycles. The van der Waals surface area contributed by atoms with Gasteiger partial charge < -0.3 is 5.32 Å². The zero-order valence-electron chi connectivity index (χ0n) is 13.5. The third kappa shape index (κ3) is 5.28. The predicted molar refractivity (Wildman–Crippen MR) is 90.2 cm³/mol. The van der Waals surface area contributed by atoms with Gasteiger partial charge in [-0.05, 0) is 11.6 Å². The van der Waals surface area contributed by atoms with Gasteiger partial charge in [0.05, 0.1) is 0 Å². The summed E-state index contributed by atoms with van der Waals surface area (Å²) >= 11 is 2.03. The first kappa shape index (κ1) is 16.8. The van der Waals surface area contributed by atoms with Gasteiger partial charge in [0.25, 0.3) is 0 Å². The number of hydrogen-bond acceptors (Lipinski definition) is 3. The fourth-order valence-electron chi connectivity index (χ4n) is 2.84. The lowest BCUT2D eigenvalue weighted by Gasteiger charge is -2.34. The summed E-state index contributed by atoms with van der Waals surface area (Å²) in [5, 5.41) is 4.64. The SMILES string of the molecule is CC(C)NCc1ccc(F)c(CN2CC(C)SC(C)C2)c1. The number of benzene rings is 1. The molecule has 21 heavy (non-hydrogen) atoms. The maximum Gasteiger partial charge on any atom is 0.127 e. The summed E-state index contributed by atoms with van der Waals surface area (Å²) in [4.78, 5) is 2.38. The van der Waals surface area contributed by atoms with E-state index < -0.39 is 0 Å². The molecule has 0 aromatic heterocycles. The van der Waals surface area contributed by atoms with Crippen molar-refractivity contribution < 1.29 is 4.39 Å². The average Bonchev–Trinajstić information content (AvgIpc) is 2.38. The van der Waals surface area contributed by atoms with Gasteiger partial charge in [-0.3, -0.25) is 4.90 Å². The number of halogens is 1. The fourth-order valence-corrected chi connectivity index (χ4v) is 4.22. The Labute approximate surface area is 132 Å². The second kappa shape index (κ2) is 7.61. The van der Waals surface area contributed by atoms with Crippen molar-refractivity contribution in [3.8, 4) is 0 Å². The third-order valence-electron chi connectivity index (χ3n) is 3.71. The molecule has 2 rings (SSSR count). The van der Waals surface area contributed by atoms with Crippen LogP contribution in [0, 0.1) is 5.82 Å². The molecule has 2 atom stereocenters. The molecule has 1 aromatic rings. The fraction of sp³-hybridized carbons (Fsp3) is 0.647. The largest absolute Gasteiger partial charge is 0.310 e. The summed E-state index contributed by atoms with van der Waals surface area (Å²) < 4.78 is 14.1. The summed E-state index contributed by atoms with van der Waals surface area (Å²) in [6.45, 7) is 12.4. The van der Waals surface area contributed by atoms with Crippen molar-refractivity contribution in [2.45, 2.75) is 57.3 Å². The van der Waals surface area contributed by atoms with Gasteiger partial charge >= 0.3 is 0 Å². The minimum absolute atomic E-state index is 0.0816. The molecule has 4 heteroatoms. The molecule has 2 nitrogen and oxygen atoms in total. The molecule has 0 saturated carbocycles. The van der Waals surface area contributed by atoms with E-state index in [0.29, 0.717) is 16.5 Å². The first-order valence-electron chi connectivity index (χ1n) is 7.82. The van der Waals surface area contributed by atoms with Crippen LogP contribution in [0.1, 0.15) is 38.8 Å². The monoisotopic (exact) mass is 310 g/mol. The van der Waals surface area contributed by atoms with E-state index in [4.69, 9.17) is 0 Å². The number of nitrogens with zero attached hydrogens (tertiary/aromatic N) is 1. The molecule has 0 aliphatic carbocycles. The summed E-state index contributed by atoms with van der Waals surface area (Å²) in [7, 11) is 0. The van der Waals surface area contributed by atoms with Crippen LogP contribution in [0.4, 0.5) is 4.39 Å². The van der Waals surface area contributed by atoms with E-state index in [1.807, 2.05) is 23.9 Å². The Morgan fingerprint density at radius 2 is 1.95 bits per heavy atom. The van der Waals surface area contributed by atoms with Gasteiger partial charge in [-0.25, -0.2) is 4.39 Å². The lowest BCUT2D eigenvalue weighted by atomic mass is 10.1. The lowest BCUT2D eigenvalue weighted by molar-refractivity contribution is 0.259. The van der Waals surface area contributed by atoms with Crippen LogP contribution in [0.15, 0.2) is 18.2 Å². The van der Waals surface area contributed by atoms with Crippen molar-refractivity contribution in [1.29, 1.82) is 0 Å². The Bertz CT molecular complexity index is 454. The van der Waals surface area contributed by atoms with E-state index in [0.717, 1.165) is 37.3 Å². The average molecular weight is 310 g/mol. The van der Waals surface area contributed by atoms with Gasteiger partial charge in [0, 0.05) is 48.3 Å². The molecule has 2 unspecified atom stereocenters. The van der Waals surface area contributed by atoms with Crippen LogP contribution >= 0.6 is 11.8 Å². The van der Waals surface area contributed by atoms with Crippen molar-refractivity contribution in [1.82, 2.24) is 10.2 Å². The van der Waals surface area contributed by atoms with Crippen molar-refractivity contribution in [3.05, 3.63) is 35.1 Å². The third-order valence-corrected chi connectivity index (χ3v) is 4.94. The highest BCUT2D eigenvalue weighted by Crippen LogP contribution is 2.26. The topological polar surface area (TPSA) is 15.3 Å². The standard InChI is InChI=1S/C17H27FN2S/c1-12(2)19-8-15-5-6-17(18)16(7-15)11-20-9-13(3)21-14(4)10-20/h5-7,12-14,19H,8-11H2,1-4H3. The Morgan fingerprint density at radius 3 is 2.57 bits per heavy atom. The molecule has 1 fully saturated rings. The van der Waals surface area contributed by atoms with Gasteiger partial charge in [-0.2, -0.15) is 11.8 Å². The van der Waals surface area contributed by atoms with Crippen molar-refractivity contribution in [2.75, 3.05) is 13.1 Å². The van der Waals surface area contributed by atoms with E-state index in [-0.39, 0.29) is 5.82 Å². The van der Waals surface area contributed by atoms with Crippen LogP contribution in [0.2, 0.25) is 0 Å². The highest BCUT2D eigenvalue weighted by Gasteiger charge is 2.22. The molecule has 1 N–H and O–H groups in total. The Morgan fingerprint density at radius 1 is 1.29 bits per heavy atom. The highest BCUT2D eigenvalue weighted by atomic mass is 32.2. The number of nitrogens with one attached hydrogen (secondary N) is 1. The molecular formula is C17H27FN2S. The Balaban J connectivity index is 2.02. The van der Waals surface area contributed by atoms with Crippen molar-refractivity contribution in [3.63, 3.8) is 0 Å². The zero-order chi connectivity index (χ0) is 15.4. The number of hydrogen-bond donors (Lipinski definition) is 1. The summed E-state index contributed by atoms with van der Waals surface area (Å²) in [5.74, 6) is -0.0816. The van der Waals surface area contributed by atoms with Crippen LogP contribution in [-0.4, -0.2) is 34.5 Å². The van der Waals surface area contributed by atoms with E-state index in [1.54, 1.807) is 6.07 Å². The maximum absolute atomic E-state index is 14.1. The Hall–Kier alpha value is -0.580. The van der Waals surface area contributed by atoms with Gasteiger partial charge in [-0.1, -0.05) is 39.8 Å². The molecule has 0 radical (unpaired) electrons. The molecule has 0 amide bonds. The molecule has 1 aromatic carbocycles. The number of rotatable bonds is 5. The summed E-state index contributed by atoms with van der Waals surface area (Å²) in [6, 6.07) is 5.95. The Kier molecular flexibility index (Phi) is 6.08. The maximum atomic E-state index is 14.1. The first-order valence-corrected chi connectivity index (χ1v) is 8.77. The first-order chi connectivity index (χ1) is 9.94. The molecule has 0 bridgehead atoms. The van der Waals surface area contributed by atoms with Crippen LogP contribution in [0.25, 0.3) is 0 Å². The molecular weight excluding hydrogens is 283 g/mol. The molecule has 0 spiro atoms. The molecule has 1 aliphatic rings. The van der Waals surface area contributed by atoms with Crippen LogP contribution < -0.4 is 5.32 Å². The summed E-state index contributed by atoms with van der Waals surface area (Å²) in [5.41, 5.74) is 1.98. The van der Waals surface area contributed by atoms with Gasteiger partial charge in [0.1, 0.15) is 5.82 Å². The molecule has 118 valence electrons. The van der Waals surface area contributed by atoms with E-state index in [9.17, 15) is 4.39 Å². The summed E-state index contributed by atoms with van der Waals surface area (Å²) in [6.07, 6.45) is 0. The van der Waals surface area contributed by atoms with Crippen molar-refractivity contribution >= 4 is 11.8 Å². The van der Waals surface area contributed by atoms with Gasteiger partial charge in [0.15, 0.2) is 0 Å². The smallest absolute Gasteiger partial charge is 0.127 e. The second-order valence-electron chi connectivity index (χ2n) is 6.41. The lowest BCUT2D eigenvalue weighted by Crippen LogP contribution is -2.39. The van der Waals surface area contributed by atoms with Crippen LogP contribution in [-0.2, 0) is 13.1 Å². The molecule has 1 heterocycles. The minimum Gasteiger partial charge on any atom is -0.310 e. The van der Waals surface area contributed by atoms with Crippen molar-refractivity contribution in [2.24, 2.45) is 0 Å². The normalized spacial score (nSPS) is 23.7. The number of thioether (sulfide) groups is 1. The molecule has 1 aliphatic heterocycles. The van der Waals surface area contributed by atoms with E-state index in [2.05, 4.69) is 37.9 Å². The van der Waals surface area contributed by atoms with Crippen LogP contribution in [0.5, 0.6) is 0 Å². The second-order valence-corrected chi connectivity index (χ2v) is 8.29. The quantitative estimate of drug-likeness (QED) is 0.894. The highest BCUT2D eigenvalue weighted by molar-refractivity contribution is 8.00. The predicted octanol–water partition coefficient (Wildman–Crippen LogP) is 3.65. The van der Waals surface area contributed by atoms with Crippen LogP contribution in [0.3, 0.4) is 0 Å². The van der Waals surface area contributed by atoms with Gasteiger partial charge in [0.2, 0.25) is 0 Å². The minimum atomic E-state index is -0.0816. The zero-order valence-corrected chi connectivity index (χ0v) is 14.3. The van der Waals surface area contributed by atoms with E-state index in [1.165, 1.54) is 0 Å². The van der Waals surface area contributed by atoms with E-state index >= 15 is 0 Å².